The second-order valence-corrected chi connectivity index (χ2v) is 5.74. The molecule has 3 aliphatic heterocycles. The van der Waals surface area contributed by atoms with Gasteiger partial charge in [-0.3, -0.25) is 4.18 Å². The lowest BCUT2D eigenvalue weighted by Crippen LogP contribution is -2.48. The van der Waals surface area contributed by atoms with Gasteiger partial charge in [0.1, 0.15) is 17.5 Å². The fourth-order valence-electron chi connectivity index (χ4n) is 2.75. The Balaban J connectivity index is 2.14. The van der Waals surface area contributed by atoms with Crippen molar-refractivity contribution in [3.63, 3.8) is 0 Å². The van der Waals surface area contributed by atoms with Crippen LogP contribution in [-0.4, -0.2) is 38.0 Å². The maximum Gasteiger partial charge on any atom is 0.273 e. The molecule has 0 aliphatic carbocycles. The van der Waals surface area contributed by atoms with Gasteiger partial charge in [0, 0.05) is 5.92 Å². The van der Waals surface area contributed by atoms with E-state index in [0.717, 1.165) is 0 Å². The third-order valence-corrected chi connectivity index (χ3v) is 5.19. The van der Waals surface area contributed by atoms with Crippen LogP contribution in [0.15, 0.2) is 0 Å². The summed E-state index contributed by atoms with van der Waals surface area (Å²) in [6.07, 6.45) is -0.895. The summed E-state index contributed by atoms with van der Waals surface area (Å²) in [7, 11) is -3.42. The lowest BCUT2D eigenvalue weighted by atomic mass is 9.85. The molecule has 6 atom stereocenters. The summed E-state index contributed by atoms with van der Waals surface area (Å²) < 4.78 is 33.4. The Kier molecular flexibility index (Phi) is 1.31. The van der Waals surface area contributed by atoms with Crippen LogP contribution in [0.25, 0.3) is 0 Å². The molecule has 3 rings (SSSR count). The van der Waals surface area contributed by atoms with Gasteiger partial charge in [-0.05, 0) is 0 Å². The molecule has 3 fully saturated rings. The summed E-state index contributed by atoms with van der Waals surface area (Å²) in [6, 6.07) is -0.284. The number of rotatable bonds is 0. The molecule has 3 saturated heterocycles. The summed E-state index contributed by atoms with van der Waals surface area (Å²) in [6.45, 7) is 1.86. The Morgan fingerprint density at radius 3 is 2.54 bits per heavy atom. The molecule has 0 aromatic carbocycles. The molecule has 0 saturated carbocycles. The first-order valence-electron chi connectivity index (χ1n) is 4.35. The normalized spacial score (nSPS) is 61.7. The van der Waals surface area contributed by atoms with Gasteiger partial charge in [0.25, 0.3) is 10.1 Å². The summed E-state index contributed by atoms with van der Waals surface area (Å²) in [5.41, 5.74) is 5.80. The van der Waals surface area contributed by atoms with Crippen LogP contribution in [0, 0.1) is 5.92 Å². The van der Waals surface area contributed by atoms with Gasteiger partial charge in [-0.25, -0.2) is 0 Å². The highest BCUT2D eigenvalue weighted by Crippen LogP contribution is 2.48. The molecule has 0 radical (unpaired) electrons. The molecule has 0 aromatic rings. The molecule has 0 spiro atoms. The minimum atomic E-state index is -3.42. The Morgan fingerprint density at radius 2 is 1.92 bits per heavy atom. The van der Waals surface area contributed by atoms with Gasteiger partial charge in [-0.15, -0.1) is 0 Å². The van der Waals surface area contributed by atoms with E-state index in [-0.39, 0.29) is 24.2 Å². The van der Waals surface area contributed by atoms with Crippen molar-refractivity contribution >= 4 is 10.1 Å². The van der Waals surface area contributed by atoms with Gasteiger partial charge in [0.2, 0.25) is 0 Å². The van der Waals surface area contributed by atoms with Gasteiger partial charge in [-0.2, -0.15) is 8.42 Å². The van der Waals surface area contributed by atoms with E-state index >= 15 is 0 Å². The second kappa shape index (κ2) is 2.08. The van der Waals surface area contributed by atoms with Gasteiger partial charge in [0.15, 0.2) is 0 Å². The van der Waals surface area contributed by atoms with E-state index in [0.29, 0.717) is 0 Å². The van der Waals surface area contributed by atoms with Crippen molar-refractivity contribution in [3.05, 3.63) is 0 Å². The van der Waals surface area contributed by atoms with Crippen LogP contribution in [-0.2, 0) is 19.0 Å². The largest absolute Gasteiger partial charge is 0.369 e. The maximum absolute atomic E-state index is 11.5. The van der Waals surface area contributed by atoms with E-state index < -0.39 is 21.5 Å². The first-order chi connectivity index (χ1) is 6.02. The highest BCUT2D eigenvalue weighted by atomic mass is 32.2. The zero-order chi connectivity index (χ0) is 9.38. The molecule has 3 aliphatic rings. The molecule has 6 heteroatoms. The van der Waals surface area contributed by atoms with Crippen molar-refractivity contribution in [2.24, 2.45) is 11.7 Å². The van der Waals surface area contributed by atoms with Crippen LogP contribution in [0.1, 0.15) is 6.92 Å². The van der Waals surface area contributed by atoms with Crippen LogP contribution >= 0.6 is 0 Å². The summed E-state index contributed by atoms with van der Waals surface area (Å²) in [5, 5.41) is -0.484. The second-order valence-electron chi connectivity index (χ2n) is 4.02. The summed E-state index contributed by atoms with van der Waals surface area (Å²) in [4.78, 5) is 0. The van der Waals surface area contributed by atoms with Crippen LogP contribution in [0.3, 0.4) is 0 Å². The zero-order valence-electron chi connectivity index (χ0n) is 7.08. The summed E-state index contributed by atoms with van der Waals surface area (Å²) >= 11 is 0. The van der Waals surface area contributed by atoms with E-state index in [1.807, 2.05) is 6.92 Å². The molecule has 3 heterocycles. The third-order valence-electron chi connectivity index (χ3n) is 3.34. The molecular formula is C7H11NO4S. The van der Waals surface area contributed by atoms with Crippen LogP contribution in [0.2, 0.25) is 0 Å². The minimum absolute atomic E-state index is 0.0382. The average Bonchev–Trinajstić information content (AvgIpc) is 2.54. The Morgan fingerprint density at radius 1 is 1.23 bits per heavy atom. The Bertz CT molecular complexity index is 354. The van der Waals surface area contributed by atoms with E-state index in [2.05, 4.69) is 0 Å². The number of ether oxygens (including phenoxy) is 1. The van der Waals surface area contributed by atoms with Gasteiger partial charge in [-0.1, -0.05) is 6.92 Å². The number of fused-ring (bicyclic) bond motifs is 1. The molecule has 74 valence electrons. The van der Waals surface area contributed by atoms with Crippen molar-refractivity contribution in [2.45, 2.75) is 36.5 Å². The van der Waals surface area contributed by atoms with Crippen LogP contribution in [0.5, 0.6) is 0 Å². The Hall–Kier alpha value is -0.170. The fourth-order valence-corrected chi connectivity index (χ4v) is 4.65. The zero-order valence-corrected chi connectivity index (χ0v) is 7.90. The molecular weight excluding hydrogens is 194 g/mol. The Labute approximate surface area is 76.3 Å². The van der Waals surface area contributed by atoms with Gasteiger partial charge in [0.05, 0.1) is 12.1 Å². The number of hydrogen-bond acceptors (Lipinski definition) is 5. The van der Waals surface area contributed by atoms with E-state index in [1.165, 1.54) is 0 Å². The molecule has 5 nitrogen and oxygen atoms in total. The highest BCUT2D eigenvalue weighted by Gasteiger charge is 2.68. The van der Waals surface area contributed by atoms with E-state index in [4.69, 9.17) is 14.7 Å². The number of hydrogen-bond donors (Lipinski definition) is 1. The van der Waals surface area contributed by atoms with Crippen LogP contribution in [0.4, 0.5) is 0 Å². The quantitative estimate of drug-likeness (QED) is 0.504. The highest BCUT2D eigenvalue weighted by molar-refractivity contribution is 7.87. The van der Waals surface area contributed by atoms with Crippen molar-refractivity contribution in [3.8, 4) is 0 Å². The van der Waals surface area contributed by atoms with E-state index in [9.17, 15) is 8.42 Å². The third kappa shape index (κ3) is 0.758. The van der Waals surface area contributed by atoms with Crippen molar-refractivity contribution in [2.75, 3.05) is 0 Å². The molecule has 13 heavy (non-hydrogen) atoms. The molecule has 2 bridgehead atoms. The van der Waals surface area contributed by atoms with Gasteiger partial charge < -0.3 is 10.5 Å². The van der Waals surface area contributed by atoms with Crippen molar-refractivity contribution in [1.82, 2.24) is 0 Å². The topological polar surface area (TPSA) is 78.6 Å². The first kappa shape index (κ1) is 8.16. The molecule has 2 N–H and O–H groups in total. The van der Waals surface area contributed by atoms with Crippen molar-refractivity contribution in [1.29, 1.82) is 0 Å². The number of nitrogens with two attached hydrogens (primary N) is 1. The SMILES string of the molecule is CC1C2OC3C(OS(=O)(=O)C13)C2N. The minimum Gasteiger partial charge on any atom is -0.369 e. The van der Waals surface area contributed by atoms with E-state index in [1.54, 1.807) is 0 Å². The lowest BCUT2D eigenvalue weighted by Gasteiger charge is -2.22. The first-order valence-corrected chi connectivity index (χ1v) is 5.82. The monoisotopic (exact) mass is 205 g/mol. The predicted molar refractivity (Wildman–Crippen MR) is 43.4 cm³/mol. The predicted octanol–water partition coefficient (Wildman–Crippen LogP) is -1.17. The molecule has 6 unspecified atom stereocenters. The molecule has 0 aromatic heterocycles. The summed E-state index contributed by atoms with van der Waals surface area (Å²) in [5.74, 6) is -0.0382. The van der Waals surface area contributed by atoms with Crippen LogP contribution < -0.4 is 5.73 Å². The standard InChI is InChI=1S/C7H11NO4S/c1-2-4-3(8)5-6(11-4)7(2)13(9,10)12-5/h2-7H,8H2,1H3. The molecule has 0 amide bonds. The maximum atomic E-state index is 11.5. The van der Waals surface area contributed by atoms with Crippen molar-refractivity contribution < 1.29 is 17.3 Å². The average molecular weight is 205 g/mol. The van der Waals surface area contributed by atoms with Gasteiger partial charge >= 0.3 is 0 Å². The smallest absolute Gasteiger partial charge is 0.273 e. The lowest BCUT2D eigenvalue weighted by molar-refractivity contribution is 0.0773. The fraction of sp³-hybridized carbons (Fsp3) is 1.00.